The number of rotatable bonds is 3. The number of furan rings is 1. The first kappa shape index (κ1) is 10.7. The molecule has 0 saturated carbocycles. The van der Waals surface area contributed by atoms with Gasteiger partial charge in [-0.2, -0.15) is 0 Å². The molecule has 0 aliphatic rings. The summed E-state index contributed by atoms with van der Waals surface area (Å²) in [5.41, 5.74) is 1.81. The van der Waals surface area contributed by atoms with Gasteiger partial charge < -0.3 is 4.42 Å². The fourth-order valence-electron chi connectivity index (χ4n) is 1.54. The Kier molecular flexibility index (Phi) is 2.91. The van der Waals surface area contributed by atoms with Crippen molar-refractivity contribution < 1.29 is 9.21 Å². The number of ketones is 1. The van der Waals surface area contributed by atoms with Crippen molar-refractivity contribution in [2.75, 3.05) is 0 Å². The zero-order valence-electron chi connectivity index (χ0n) is 9.49. The number of aryl methyl sites for hydroxylation is 2. The molecule has 2 heteroatoms. The summed E-state index contributed by atoms with van der Waals surface area (Å²) in [6, 6.07) is 11.1. The molecule has 1 heterocycles. The quantitative estimate of drug-likeness (QED) is 0.733. The number of carbonyl (C=O) groups is 1. The summed E-state index contributed by atoms with van der Waals surface area (Å²) < 4.78 is 5.43. The standard InChI is InChI=1S/C14H14O2/c1-3-12-8-9-13(16-12)14(15)11-6-4-10(2)5-7-11/h4-9H,3H2,1-2H3. The molecule has 1 aromatic carbocycles. The Balaban J connectivity index is 2.28. The Morgan fingerprint density at radius 3 is 2.38 bits per heavy atom. The van der Waals surface area contributed by atoms with Gasteiger partial charge >= 0.3 is 0 Å². The third kappa shape index (κ3) is 2.06. The second-order valence-electron chi connectivity index (χ2n) is 3.81. The molecule has 0 saturated heterocycles. The smallest absolute Gasteiger partial charge is 0.228 e. The molecule has 0 fully saturated rings. The highest BCUT2D eigenvalue weighted by Crippen LogP contribution is 2.14. The molecule has 2 rings (SSSR count). The lowest BCUT2D eigenvalue weighted by atomic mass is 10.1. The minimum atomic E-state index is -0.0558. The number of hydrogen-bond donors (Lipinski definition) is 0. The fraction of sp³-hybridized carbons (Fsp3) is 0.214. The summed E-state index contributed by atoms with van der Waals surface area (Å²) in [6.07, 6.45) is 0.807. The third-order valence-corrected chi connectivity index (χ3v) is 2.55. The maximum Gasteiger partial charge on any atom is 0.228 e. The van der Waals surface area contributed by atoms with Crippen LogP contribution in [-0.2, 0) is 6.42 Å². The van der Waals surface area contributed by atoms with E-state index < -0.39 is 0 Å². The fourth-order valence-corrected chi connectivity index (χ4v) is 1.54. The van der Waals surface area contributed by atoms with Gasteiger partial charge in [0.1, 0.15) is 5.76 Å². The molecule has 0 radical (unpaired) electrons. The number of hydrogen-bond acceptors (Lipinski definition) is 2. The van der Waals surface area contributed by atoms with E-state index in [4.69, 9.17) is 4.42 Å². The van der Waals surface area contributed by atoms with Crippen LogP contribution < -0.4 is 0 Å². The van der Waals surface area contributed by atoms with Crippen LogP contribution in [0.5, 0.6) is 0 Å². The molecular formula is C14H14O2. The molecule has 2 aromatic rings. The summed E-state index contributed by atoms with van der Waals surface area (Å²) in [5, 5.41) is 0. The first-order valence-electron chi connectivity index (χ1n) is 5.41. The Labute approximate surface area is 94.9 Å². The molecule has 0 atom stereocenters. The van der Waals surface area contributed by atoms with Crippen LogP contribution in [0.4, 0.5) is 0 Å². The third-order valence-electron chi connectivity index (χ3n) is 2.55. The highest BCUT2D eigenvalue weighted by molar-refractivity contribution is 6.07. The Hall–Kier alpha value is -1.83. The van der Waals surface area contributed by atoms with Crippen molar-refractivity contribution in [1.82, 2.24) is 0 Å². The molecule has 0 aliphatic heterocycles. The second-order valence-corrected chi connectivity index (χ2v) is 3.81. The van der Waals surface area contributed by atoms with Crippen LogP contribution in [0, 0.1) is 6.92 Å². The van der Waals surface area contributed by atoms with Gasteiger partial charge in [-0.1, -0.05) is 36.8 Å². The predicted octanol–water partition coefficient (Wildman–Crippen LogP) is 3.38. The van der Waals surface area contributed by atoms with Crippen molar-refractivity contribution >= 4 is 5.78 Å². The highest BCUT2D eigenvalue weighted by atomic mass is 16.3. The van der Waals surface area contributed by atoms with Gasteiger partial charge in [0.2, 0.25) is 5.78 Å². The van der Waals surface area contributed by atoms with E-state index in [1.807, 2.05) is 44.2 Å². The second kappa shape index (κ2) is 4.35. The van der Waals surface area contributed by atoms with E-state index in [-0.39, 0.29) is 5.78 Å². The average molecular weight is 214 g/mol. The van der Waals surface area contributed by atoms with E-state index >= 15 is 0 Å². The van der Waals surface area contributed by atoms with E-state index in [9.17, 15) is 4.79 Å². The van der Waals surface area contributed by atoms with E-state index in [0.717, 1.165) is 17.7 Å². The van der Waals surface area contributed by atoms with Crippen LogP contribution >= 0.6 is 0 Å². The summed E-state index contributed by atoms with van der Waals surface area (Å²) >= 11 is 0. The van der Waals surface area contributed by atoms with Crippen molar-refractivity contribution in [1.29, 1.82) is 0 Å². The van der Waals surface area contributed by atoms with Crippen molar-refractivity contribution in [3.05, 3.63) is 59.0 Å². The Bertz CT molecular complexity index is 492. The van der Waals surface area contributed by atoms with Gasteiger partial charge in [-0.15, -0.1) is 0 Å². The molecule has 1 aromatic heterocycles. The topological polar surface area (TPSA) is 30.2 Å². The molecule has 82 valence electrons. The molecule has 0 unspecified atom stereocenters. The van der Waals surface area contributed by atoms with Crippen molar-refractivity contribution in [3.63, 3.8) is 0 Å². The van der Waals surface area contributed by atoms with Gasteiger partial charge in [0.05, 0.1) is 0 Å². The Morgan fingerprint density at radius 2 is 1.81 bits per heavy atom. The first-order valence-corrected chi connectivity index (χ1v) is 5.41. The van der Waals surface area contributed by atoms with Gasteiger partial charge in [-0.25, -0.2) is 0 Å². The molecule has 0 N–H and O–H groups in total. The molecule has 2 nitrogen and oxygen atoms in total. The summed E-state index contributed by atoms with van der Waals surface area (Å²) in [5.74, 6) is 1.20. The van der Waals surface area contributed by atoms with Gasteiger partial charge in [0.25, 0.3) is 0 Å². The average Bonchev–Trinajstić information content (AvgIpc) is 2.77. The van der Waals surface area contributed by atoms with E-state index in [1.165, 1.54) is 0 Å². The Morgan fingerprint density at radius 1 is 1.12 bits per heavy atom. The molecular weight excluding hydrogens is 200 g/mol. The van der Waals surface area contributed by atoms with Gasteiger partial charge in [-0.05, 0) is 19.1 Å². The monoisotopic (exact) mass is 214 g/mol. The SMILES string of the molecule is CCc1ccc(C(=O)c2ccc(C)cc2)o1. The molecule has 16 heavy (non-hydrogen) atoms. The largest absolute Gasteiger partial charge is 0.458 e. The van der Waals surface area contributed by atoms with Crippen LogP contribution in [0.3, 0.4) is 0 Å². The zero-order valence-corrected chi connectivity index (χ0v) is 9.49. The normalized spacial score (nSPS) is 10.4. The van der Waals surface area contributed by atoms with Crippen LogP contribution in [0.2, 0.25) is 0 Å². The van der Waals surface area contributed by atoms with Crippen LogP contribution in [-0.4, -0.2) is 5.78 Å². The van der Waals surface area contributed by atoms with Gasteiger partial charge in [0.15, 0.2) is 5.76 Å². The van der Waals surface area contributed by atoms with Crippen LogP contribution in [0.1, 0.15) is 34.4 Å². The predicted molar refractivity (Wildman–Crippen MR) is 62.7 cm³/mol. The van der Waals surface area contributed by atoms with E-state index in [1.54, 1.807) is 6.07 Å². The van der Waals surface area contributed by atoms with Crippen LogP contribution in [0.15, 0.2) is 40.8 Å². The lowest BCUT2D eigenvalue weighted by Gasteiger charge is -1.98. The molecule has 0 spiro atoms. The zero-order chi connectivity index (χ0) is 11.5. The molecule has 0 amide bonds. The first-order chi connectivity index (χ1) is 7.70. The number of carbonyl (C=O) groups excluding carboxylic acids is 1. The van der Waals surface area contributed by atoms with E-state index in [2.05, 4.69) is 0 Å². The van der Waals surface area contributed by atoms with Crippen molar-refractivity contribution in [2.24, 2.45) is 0 Å². The maximum atomic E-state index is 12.0. The molecule has 0 bridgehead atoms. The van der Waals surface area contributed by atoms with Gasteiger partial charge in [0, 0.05) is 12.0 Å². The summed E-state index contributed by atoms with van der Waals surface area (Å²) in [7, 11) is 0. The van der Waals surface area contributed by atoms with Crippen molar-refractivity contribution in [2.45, 2.75) is 20.3 Å². The summed E-state index contributed by atoms with van der Waals surface area (Å²) in [6.45, 7) is 4.00. The minimum absolute atomic E-state index is 0.0558. The number of benzene rings is 1. The lowest BCUT2D eigenvalue weighted by molar-refractivity contribution is 0.101. The van der Waals surface area contributed by atoms with Crippen molar-refractivity contribution in [3.8, 4) is 0 Å². The lowest BCUT2D eigenvalue weighted by Crippen LogP contribution is -1.99. The van der Waals surface area contributed by atoms with Gasteiger partial charge in [-0.3, -0.25) is 4.79 Å². The maximum absolute atomic E-state index is 12.0. The van der Waals surface area contributed by atoms with E-state index in [0.29, 0.717) is 11.3 Å². The van der Waals surface area contributed by atoms with Crippen LogP contribution in [0.25, 0.3) is 0 Å². The molecule has 0 aliphatic carbocycles. The highest BCUT2D eigenvalue weighted by Gasteiger charge is 2.12. The summed E-state index contributed by atoms with van der Waals surface area (Å²) in [4.78, 5) is 12.0. The minimum Gasteiger partial charge on any atom is -0.458 e.